The Labute approximate surface area is 199 Å². The van der Waals surface area contributed by atoms with Gasteiger partial charge >= 0.3 is 6.09 Å². The number of alkyl carbamates (subject to hydrolysis) is 1. The van der Waals surface area contributed by atoms with Gasteiger partial charge in [-0.1, -0.05) is 18.9 Å². The molecule has 2 heterocycles. The molecule has 1 amide bonds. The third kappa shape index (κ3) is 5.47. The van der Waals surface area contributed by atoms with Crippen LogP contribution in [0.2, 0.25) is 0 Å². The number of aromatic nitrogens is 3. The third-order valence-electron chi connectivity index (χ3n) is 5.89. The number of carbonyl (C=O) groups is 2. The molecule has 0 saturated heterocycles. The molecule has 180 valence electrons. The Balaban J connectivity index is 1.53. The lowest BCUT2D eigenvalue weighted by Crippen LogP contribution is -2.49. The predicted octanol–water partition coefficient (Wildman–Crippen LogP) is 4.77. The number of nitrogens with zero attached hydrogens (tertiary/aromatic N) is 3. The summed E-state index contributed by atoms with van der Waals surface area (Å²) < 4.78 is 7.47. The number of aryl methyl sites for hydroxylation is 1. The molecule has 0 aliphatic heterocycles. The average molecular weight is 465 g/mol. The number of hydrogen-bond donors (Lipinski definition) is 3. The molecule has 1 aliphatic rings. The summed E-state index contributed by atoms with van der Waals surface area (Å²) in [5.41, 5.74) is 1.58. The van der Waals surface area contributed by atoms with Crippen LogP contribution in [0.15, 0.2) is 36.7 Å². The minimum Gasteiger partial charge on any atom is -0.444 e. The summed E-state index contributed by atoms with van der Waals surface area (Å²) in [4.78, 5) is 32.9. The fraction of sp³-hybridized carbons (Fsp3) is 0.440. The molecule has 0 radical (unpaired) electrons. The summed E-state index contributed by atoms with van der Waals surface area (Å²) in [7, 11) is 1.99. The van der Waals surface area contributed by atoms with Crippen molar-refractivity contribution >= 4 is 40.6 Å². The van der Waals surface area contributed by atoms with Gasteiger partial charge in [0, 0.05) is 35.9 Å². The number of rotatable bonds is 6. The first-order valence-electron chi connectivity index (χ1n) is 11.6. The summed E-state index contributed by atoms with van der Waals surface area (Å²) >= 11 is 0. The maximum absolute atomic E-state index is 12.3. The Hall–Kier alpha value is -3.62. The number of hydrogen-bond acceptors (Lipinski definition) is 7. The van der Waals surface area contributed by atoms with Crippen molar-refractivity contribution in [3.8, 4) is 0 Å². The van der Waals surface area contributed by atoms with Gasteiger partial charge in [0.1, 0.15) is 17.1 Å². The van der Waals surface area contributed by atoms with Gasteiger partial charge in [-0.2, -0.15) is 0 Å². The van der Waals surface area contributed by atoms with E-state index < -0.39 is 11.7 Å². The van der Waals surface area contributed by atoms with Crippen LogP contribution in [0.5, 0.6) is 0 Å². The molecule has 3 aromatic rings. The van der Waals surface area contributed by atoms with Crippen LogP contribution in [0.4, 0.5) is 22.1 Å². The van der Waals surface area contributed by atoms with Crippen LogP contribution in [0, 0.1) is 0 Å². The van der Waals surface area contributed by atoms with E-state index in [0.29, 0.717) is 17.9 Å². The van der Waals surface area contributed by atoms with E-state index in [2.05, 4.69) is 25.9 Å². The molecular weight excluding hydrogens is 432 g/mol. The molecule has 2 aromatic heterocycles. The minimum absolute atomic E-state index is 0.0249. The van der Waals surface area contributed by atoms with Gasteiger partial charge in [-0.3, -0.25) is 4.79 Å². The zero-order valence-electron chi connectivity index (χ0n) is 20.1. The fourth-order valence-electron chi connectivity index (χ4n) is 4.31. The van der Waals surface area contributed by atoms with Crippen molar-refractivity contribution in [1.82, 2.24) is 19.9 Å². The van der Waals surface area contributed by atoms with Crippen molar-refractivity contribution < 1.29 is 14.3 Å². The molecule has 3 N–H and O–H groups in total. The van der Waals surface area contributed by atoms with Gasteiger partial charge in [-0.15, -0.1) is 0 Å². The molecule has 4 rings (SSSR count). The zero-order valence-corrected chi connectivity index (χ0v) is 20.1. The second-order valence-electron chi connectivity index (χ2n) is 9.68. The monoisotopic (exact) mass is 464 g/mol. The zero-order chi connectivity index (χ0) is 24.3. The molecular formula is C25H32N6O3. The Morgan fingerprint density at radius 2 is 1.94 bits per heavy atom. The van der Waals surface area contributed by atoms with Crippen LogP contribution in [0.1, 0.15) is 56.9 Å². The molecule has 1 fully saturated rings. The topological polar surface area (TPSA) is 110 Å². The number of anilines is 3. The third-order valence-corrected chi connectivity index (χ3v) is 5.89. The second-order valence-corrected chi connectivity index (χ2v) is 9.68. The number of ether oxygens (including phenoxy) is 1. The SMILES string of the molecule is Cn1ccc2c(Nc3nc(N[C@@H]4CCCC[C@@H]4NC(=O)OC(C)(C)C)cnc3C=O)cccc21. The molecule has 0 spiro atoms. The molecule has 0 unspecified atom stereocenters. The standard InChI is InChI=1S/C25H32N6O3/c1-25(2,3)34-24(33)29-19-9-6-5-8-18(19)27-22-14-26-20(15-32)23(30-22)28-17-10-7-11-21-16(17)12-13-31(21)4/h7,10-15,18-19H,5-6,8-9H2,1-4H3,(H,29,33)(H2,27,28,30)/t18-,19+/m1/s1. The number of benzene rings is 1. The summed E-state index contributed by atoms with van der Waals surface area (Å²) in [5, 5.41) is 10.7. The largest absolute Gasteiger partial charge is 0.444 e. The Morgan fingerprint density at radius 3 is 2.68 bits per heavy atom. The molecule has 1 aliphatic carbocycles. The normalized spacial score (nSPS) is 18.4. The smallest absolute Gasteiger partial charge is 0.407 e. The van der Waals surface area contributed by atoms with Gasteiger partial charge in [0.2, 0.25) is 0 Å². The summed E-state index contributed by atoms with van der Waals surface area (Å²) in [6, 6.07) is 7.83. The van der Waals surface area contributed by atoms with E-state index in [0.717, 1.165) is 42.3 Å². The van der Waals surface area contributed by atoms with Gasteiger partial charge in [-0.25, -0.2) is 14.8 Å². The lowest BCUT2D eigenvalue weighted by molar-refractivity contribution is 0.0488. The van der Waals surface area contributed by atoms with E-state index in [4.69, 9.17) is 4.74 Å². The van der Waals surface area contributed by atoms with Crippen LogP contribution in [-0.4, -0.2) is 44.6 Å². The fourth-order valence-corrected chi connectivity index (χ4v) is 4.31. The first-order chi connectivity index (χ1) is 16.2. The Kier molecular flexibility index (Phi) is 6.72. The first-order valence-corrected chi connectivity index (χ1v) is 11.6. The van der Waals surface area contributed by atoms with E-state index in [1.54, 1.807) is 6.20 Å². The van der Waals surface area contributed by atoms with Gasteiger partial charge in [0.15, 0.2) is 12.1 Å². The van der Waals surface area contributed by atoms with Crippen molar-refractivity contribution in [3.63, 3.8) is 0 Å². The van der Waals surface area contributed by atoms with E-state index in [9.17, 15) is 9.59 Å². The highest BCUT2D eigenvalue weighted by Gasteiger charge is 2.29. The number of aldehydes is 1. The molecule has 34 heavy (non-hydrogen) atoms. The number of carbonyl (C=O) groups excluding carboxylic acids is 2. The van der Waals surface area contributed by atoms with Gasteiger partial charge < -0.3 is 25.3 Å². The molecule has 1 saturated carbocycles. The Morgan fingerprint density at radius 1 is 1.18 bits per heavy atom. The van der Waals surface area contributed by atoms with Crippen LogP contribution in [0.25, 0.3) is 10.9 Å². The number of amides is 1. The van der Waals surface area contributed by atoms with Crippen LogP contribution in [0.3, 0.4) is 0 Å². The van der Waals surface area contributed by atoms with Crippen LogP contribution >= 0.6 is 0 Å². The van der Waals surface area contributed by atoms with Gasteiger partial charge in [0.25, 0.3) is 0 Å². The highest BCUT2D eigenvalue weighted by Crippen LogP contribution is 2.28. The molecule has 2 atom stereocenters. The van der Waals surface area contributed by atoms with Crippen molar-refractivity contribution in [3.05, 3.63) is 42.4 Å². The lowest BCUT2D eigenvalue weighted by atomic mass is 9.90. The van der Waals surface area contributed by atoms with E-state index >= 15 is 0 Å². The maximum Gasteiger partial charge on any atom is 0.407 e. The van der Waals surface area contributed by atoms with Crippen LogP contribution < -0.4 is 16.0 Å². The number of fused-ring (bicyclic) bond motifs is 1. The number of nitrogens with one attached hydrogen (secondary N) is 3. The van der Waals surface area contributed by atoms with E-state index in [1.165, 1.54) is 0 Å². The second kappa shape index (κ2) is 9.70. The summed E-state index contributed by atoms with van der Waals surface area (Å²) in [6.45, 7) is 5.54. The van der Waals surface area contributed by atoms with Gasteiger partial charge in [-0.05, 0) is 51.8 Å². The van der Waals surface area contributed by atoms with Gasteiger partial charge in [0.05, 0.1) is 12.2 Å². The van der Waals surface area contributed by atoms with Crippen molar-refractivity contribution in [2.75, 3.05) is 10.6 Å². The highest BCUT2D eigenvalue weighted by molar-refractivity contribution is 5.95. The van der Waals surface area contributed by atoms with Crippen LogP contribution in [-0.2, 0) is 11.8 Å². The Bertz CT molecular complexity index is 1180. The summed E-state index contributed by atoms with van der Waals surface area (Å²) in [5.74, 6) is 0.917. The predicted molar refractivity (Wildman–Crippen MR) is 133 cm³/mol. The quantitative estimate of drug-likeness (QED) is 0.451. The molecule has 1 aromatic carbocycles. The van der Waals surface area contributed by atoms with Crippen molar-refractivity contribution in [2.45, 2.75) is 64.1 Å². The maximum atomic E-state index is 12.3. The van der Waals surface area contributed by atoms with Crippen molar-refractivity contribution in [1.29, 1.82) is 0 Å². The molecule has 9 nitrogen and oxygen atoms in total. The van der Waals surface area contributed by atoms with E-state index in [1.807, 2.05) is 62.8 Å². The first kappa shape index (κ1) is 23.5. The van der Waals surface area contributed by atoms with Crippen molar-refractivity contribution in [2.24, 2.45) is 7.05 Å². The molecule has 9 heteroatoms. The summed E-state index contributed by atoms with van der Waals surface area (Å²) in [6.07, 6.45) is 7.61. The molecule has 0 bridgehead atoms. The minimum atomic E-state index is -0.556. The lowest BCUT2D eigenvalue weighted by Gasteiger charge is -2.33. The highest BCUT2D eigenvalue weighted by atomic mass is 16.6. The van der Waals surface area contributed by atoms with E-state index in [-0.39, 0.29) is 17.8 Å². The average Bonchev–Trinajstić information content (AvgIpc) is 3.16.